The van der Waals surface area contributed by atoms with Crippen molar-refractivity contribution in [1.82, 2.24) is 0 Å². The van der Waals surface area contributed by atoms with E-state index in [0.717, 1.165) is 0 Å². The summed E-state index contributed by atoms with van der Waals surface area (Å²) in [7, 11) is 0. The Morgan fingerprint density at radius 3 is 1.75 bits per heavy atom. The van der Waals surface area contributed by atoms with Crippen LogP contribution in [-0.2, 0) is 5.41 Å². The van der Waals surface area contributed by atoms with Gasteiger partial charge in [-0.1, -0.05) is 116 Å². The average molecular weight is 564 g/mol. The van der Waals surface area contributed by atoms with Gasteiger partial charge >= 0.3 is 0 Å². The normalized spacial score (nSPS) is 21.0. The Morgan fingerprint density at radius 2 is 1.09 bits per heavy atom. The third kappa shape index (κ3) is 2.90. The number of hydrogen-bond donors (Lipinski definition) is 0. The summed E-state index contributed by atoms with van der Waals surface area (Å²) >= 11 is 0. The molecule has 0 aromatic heterocycles. The number of rotatable bonds is 2. The maximum Gasteiger partial charge on any atom is 0.0725 e. The fraction of sp³-hybridized carbons (Fsp3) is 0.163. The minimum Gasteiger partial charge on any atom is -0.335 e. The van der Waals surface area contributed by atoms with Crippen LogP contribution in [0.3, 0.4) is 0 Å². The first-order chi connectivity index (χ1) is 21.7. The van der Waals surface area contributed by atoms with E-state index in [4.69, 9.17) is 0 Å². The van der Waals surface area contributed by atoms with E-state index < -0.39 is 0 Å². The molecule has 210 valence electrons. The van der Waals surface area contributed by atoms with E-state index in [1.165, 1.54) is 91.8 Å². The van der Waals surface area contributed by atoms with Crippen LogP contribution in [0.1, 0.15) is 59.9 Å². The topological polar surface area (TPSA) is 3.24 Å². The molecule has 2 atom stereocenters. The van der Waals surface area contributed by atoms with Crippen molar-refractivity contribution in [2.75, 3.05) is 4.90 Å². The van der Waals surface area contributed by atoms with E-state index in [1.54, 1.807) is 0 Å². The highest BCUT2D eigenvalue weighted by Gasteiger charge is 2.53. The Kier molecular flexibility index (Phi) is 4.80. The van der Waals surface area contributed by atoms with Crippen LogP contribution in [0.4, 0.5) is 11.4 Å². The summed E-state index contributed by atoms with van der Waals surface area (Å²) in [6, 6.07) is 52.8. The Morgan fingerprint density at radius 1 is 0.545 bits per heavy atom. The van der Waals surface area contributed by atoms with Crippen molar-refractivity contribution >= 4 is 11.4 Å². The molecule has 0 radical (unpaired) electrons. The number of fused-ring (bicyclic) bond motifs is 13. The summed E-state index contributed by atoms with van der Waals surface area (Å²) in [4.78, 5) is 2.64. The molecule has 0 bridgehead atoms. The van der Waals surface area contributed by atoms with Gasteiger partial charge in [-0.2, -0.15) is 0 Å². The molecule has 1 saturated carbocycles. The molecule has 1 heterocycles. The van der Waals surface area contributed by atoms with Gasteiger partial charge in [0, 0.05) is 22.8 Å². The van der Waals surface area contributed by atoms with Crippen molar-refractivity contribution in [2.45, 2.75) is 43.1 Å². The van der Waals surface area contributed by atoms with Gasteiger partial charge in [0.1, 0.15) is 0 Å². The van der Waals surface area contributed by atoms with Crippen molar-refractivity contribution in [2.24, 2.45) is 0 Å². The van der Waals surface area contributed by atoms with Crippen LogP contribution < -0.4 is 4.90 Å². The van der Waals surface area contributed by atoms with Gasteiger partial charge in [-0.15, -0.1) is 0 Å². The van der Waals surface area contributed by atoms with Gasteiger partial charge in [0.25, 0.3) is 0 Å². The molecule has 6 aromatic rings. The van der Waals surface area contributed by atoms with Crippen LogP contribution in [0.15, 0.2) is 140 Å². The van der Waals surface area contributed by atoms with Gasteiger partial charge in [-0.05, 0) is 111 Å². The smallest absolute Gasteiger partial charge is 0.0725 e. The Hall–Kier alpha value is -4.88. The van der Waals surface area contributed by atoms with E-state index in [0.29, 0.717) is 5.92 Å². The predicted molar refractivity (Wildman–Crippen MR) is 182 cm³/mol. The number of hydrogen-bond acceptors (Lipinski definition) is 1. The summed E-state index contributed by atoms with van der Waals surface area (Å²) in [6.07, 6.45) is 3.77. The van der Waals surface area contributed by atoms with E-state index in [9.17, 15) is 0 Å². The fourth-order valence-electron chi connectivity index (χ4n) is 9.68. The maximum absolute atomic E-state index is 2.64. The van der Waals surface area contributed by atoms with E-state index >= 15 is 0 Å². The quantitative estimate of drug-likeness (QED) is 0.202. The van der Waals surface area contributed by atoms with E-state index in [1.807, 2.05) is 0 Å². The lowest BCUT2D eigenvalue weighted by Gasteiger charge is -2.37. The molecule has 4 aliphatic rings. The monoisotopic (exact) mass is 563 g/mol. The summed E-state index contributed by atoms with van der Waals surface area (Å²) in [5, 5.41) is 0. The van der Waals surface area contributed by atoms with Crippen molar-refractivity contribution in [3.05, 3.63) is 167 Å². The lowest BCUT2D eigenvalue weighted by Crippen LogP contribution is -2.40. The molecule has 0 amide bonds. The lowest BCUT2D eigenvalue weighted by molar-refractivity contribution is 0.451. The molecule has 0 saturated heterocycles. The molecular formula is C43H33N. The van der Waals surface area contributed by atoms with Gasteiger partial charge in [-0.3, -0.25) is 0 Å². The second-order valence-electron chi connectivity index (χ2n) is 13.4. The molecule has 2 unspecified atom stereocenters. The van der Waals surface area contributed by atoms with Crippen LogP contribution in [-0.4, -0.2) is 5.54 Å². The first-order valence-corrected chi connectivity index (χ1v) is 16.1. The molecule has 1 fully saturated rings. The minimum atomic E-state index is -0.306. The van der Waals surface area contributed by atoms with Crippen molar-refractivity contribution in [3.8, 4) is 33.4 Å². The molecule has 6 aromatic carbocycles. The lowest BCUT2D eigenvalue weighted by atomic mass is 9.70. The van der Waals surface area contributed by atoms with Gasteiger partial charge in [0.15, 0.2) is 0 Å². The zero-order valence-electron chi connectivity index (χ0n) is 24.9. The van der Waals surface area contributed by atoms with E-state index in [-0.39, 0.29) is 11.0 Å². The fourth-order valence-corrected chi connectivity index (χ4v) is 9.68. The van der Waals surface area contributed by atoms with Gasteiger partial charge in [0.05, 0.1) is 5.41 Å². The maximum atomic E-state index is 2.64. The zero-order valence-corrected chi connectivity index (χ0v) is 24.9. The molecule has 1 aliphatic heterocycles. The molecule has 0 N–H and O–H groups in total. The molecule has 44 heavy (non-hydrogen) atoms. The largest absolute Gasteiger partial charge is 0.335 e. The van der Waals surface area contributed by atoms with Gasteiger partial charge in [0.2, 0.25) is 0 Å². The molecule has 10 rings (SSSR count). The predicted octanol–water partition coefficient (Wildman–Crippen LogP) is 10.9. The second kappa shape index (κ2) is 8.61. The SMILES string of the molecule is CC12CCCC1c1cc(-c3ccc4c(c3)C3(c5ccccc5-c5ccccc53)c3ccccc3-4)ccc1N2c1ccccc1. The number of nitrogens with zero attached hydrogens (tertiary/aromatic N) is 1. The first kappa shape index (κ1) is 24.6. The minimum absolute atomic E-state index is 0.128. The van der Waals surface area contributed by atoms with Gasteiger partial charge in [-0.25, -0.2) is 0 Å². The Balaban J connectivity index is 1.19. The molecule has 3 aliphatic carbocycles. The van der Waals surface area contributed by atoms with Crippen LogP contribution in [0.2, 0.25) is 0 Å². The summed E-state index contributed by atoms with van der Waals surface area (Å²) in [5.41, 5.74) is 17.7. The van der Waals surface area contributed by atoms with Crippen molar-refractivity contribution in [1.29, 1.82) is 0 Å². The summed E-state index contributed by atoms with van der Waals surface area (Å²) < 4.78 is 0. The third-order valence-corrected chi connectivity index (χ3v) is 11.4. The second-order valence-corrected chi connectivity index (χ2v) is 13.4. The van der Waals surface area contributed by atoms with Crippen molar-refractivity contribution in [3.63, 3.8) is 0 Å². The van der Waals surface area contributed by atoms with Crippen molar-refractivity contribution < 1.29 is 0 Å². The number of benzene rings is 6. The van der Waals surface area contributed by atoms with Crippen LogP contribution in [0.25, 0.3) is 33.4 Å². The molecule has 1 heteroatoms. The van der Waals surface area contributed by atoms with Gasteiger partial charge < -0.3 is 4.90 Å². The average Bonchev–Trinajstić information content (AvgIpc) is 3.77. The molecular weight excluding hydrogens is 530 g/mol. The Bertz CT molecular complexity index is 2080. The van der Waals surface area contributed by atoms with E-state index in [2.05, 4.69) is 151 Å². The Labute approximate surface area is 259 Å². The summed E-state index contributed by atoms with van der Waals surface area (Å²) in [5.74, 6) is 0.552. The summed E-state index contributed by atoms with van der Waals surface area (Å²) in [6.45, 7) is 2.49. The standard InChI is InChI=1S/C43H33N/c1-42-25-11-20-36(42)35-26-28(22-24-41(35)44(42)30-12-3-2-4-13-30)29-21-23-34-33-16-7-10-19-39(33)43(40(34)27-29)37-17-8-5-14-31(37)32-15-6-9-18-38(32)43/h2-10,12-19,21-24,26-27,36H,11,20,25H2,1H3. The molecule has 1 spiro atoms. The third-order valence-electron chi connectivity index (χ3n) is 11.4. The molecule has 1 nitrogen and oxygen atoms in total. The highest BCUT2D eigenvalue weighted by molar-refractivity contribution is 5.96. The van der Waals surface area contributed by atoms with Crippen LogP contribution >= 0.6 is 0 Å². The zero-order chi connectivity index (χ0) is 29.0. The highest BCUT2D eigenvalue weighted by Crippen LogP contribution is 2.63. The van der Waals surface area contributed by atoms with Crippen LogP contribution in [0, 0.1) is 0 Å². The first-order valence-electron chi connectivity index (χ1n) is 16.1. The van der Waals surface area contributed by atoms with Crippen LogP contribution in [0.5, 0.6) is 0 Å². The number of anilines is 2. The number of para-hydroxylation sites is 1. The highest BCUT2D eigenvalue weighted by atomic mass is 15.2.